The normalized spacial score (nSPS) is 22.4. The van der Waals surface area contributed by atoms with Gasteiger partial charge in [-0.05, 0) is 36.8 Å². The van der Waals surface area contributed by atoms with Crippen LogP contribution in [0.15, 0.2) is 46.6 Å². The molecule has 2 aromatic rings. The van der Waals surface area contributed by atoms with E-state index in [9.17, 15) is 14.7 Å². The third-order valence-electron chi connectivity index (χ3n) is 5.41. The molecule has 4 heterocycles. The number of nitrogens with one attached hydrogen (secondary N) is 1. The average molecular weight is 397 g/mol. The fraction of sp³-hybridized carbons (Fsp3) is 0.381. The van der Waals surface area contributed by atoms with E-state index < -0.39 is 23.5 Å². The Morgan fingerprint density at radius 3 is 2.59 bits per heavy atom. The number of likely N-dealkylation sites (tertiary alicyclic amines) is 1. The lowest BCUT2D eigenvalue weighted by molar-refractivity contribution is -0.907. The number of rotatable bonds is 5. The van der Waals surface area contributed by atoms with Gasteiger partial charge in [-0.1, -0.05) is 5.76 Å². The van der Waals surface area contributed by atoms with Crippen molar-refractivity contribution in [1.29, 1.82) is 0 Å². The summed E-state index contributed by atoms with van der Waals surface area (Å²) in [5, 5.41) is 13.1. The van der Waals surface area contributed by atoms with Crippen LogP contribution in [0.25, 0.3) is 5.76 Å². The average Bonchev–Trinajstić information content (AvgIpc) is 3.28. The van der Waals surface area contributed by atoms with Crippen LogP contribution in [0.4, 0.5) is 0 Å². The van der Waals surface area contributed by atoms with Gasteiger partial charge in [-0.25, -0.2) is 0 Å². The second-order valence-corrected chi connectivity index (χ2v) is 7.27. The molecular weight excluding hydrogens is 374 g/mol. The van der Waals surface area contributed by atoms with Gasteiger partial charge in [0.15, 0.2) is 0 Å². The minimum Gasteiger partial charge on any atom is -0.872 e. The SMILES string of the molecule is Cc1ccc(C2C(=C([O-])c3ccncc3)C(=O)C(=O)N2CC[NH+]2CCOCC2)o1. The molecule has 2 fully saturated rings. The van der Waals surface area contributed by atoms with E-state index in [1.165, 1.54) is 34.3 Å². The van der Waals surface area contributed by atoms with Gasteiger partial charge in [-0.3, -0.25) is 14.6 Å². The molecule has 2 aromatic heterocycles. The molecule has 1 amide bonds. The molecule has 2 aliphatic heterocycles. The van der Waals surface area contributed by atoms with Crippen LogP contribution in [0.2, 0.25) is 0 Å². The van der Waals surface area contributed by atoms with Gasteiger partial charge in [0.05, 0.1) is 26.3 Å². The van der Waals surface area contributed by atoms with Crippen LogP contribution in [-0.4, -0.2) is 61.0 Å². The third-order valence-corrected chi connectivity index (χ3v) is 5.41. The highest BCUT2D eigenvalue weighted by molar-refractivity contribution is 6.46. The number of hydrogen-bond donors (Lipinski definition) is 1. The Balaban J connectivity index is 1.70. The van der Waals surface area contributed by atoms with Gasteiger partial charge < -0.3 is 24.1 Å². The summed E-state index contributed by atoms with van der Waals surface area (Å²) in [5.41, 5.74) is 0.262. The number of hydrogen-bond acceptors (Lipinski definition) is 6. The second-order valence-electron chi connectivity index (χ2n) is 7.27. The van der Waals surface area contributed by atoms with Gasteiger partial charge in [0.25, 0.3) is 5.91 Å². The number of aryl methyl sites for hydroxylation is 1. The quantitative estimate of drug-likeness (QED) is 0.400. The Morgan fingerprint density at radius 2 is 1.93 bits per heavy atom. The molecule has 0 spiro atoms. The lowest BCUT2D eigenvalue weighted by Crippen LogP contribution is -3.14. The molecule has 0 radical (unpaired) electrons. The van der Waals surface area contributed by atoms with Gasteiger partial charge in [-0.2, -0.15) is 0 Å². The number of amides is 1. The number of carbonyl (C=O) groups is 2. The number of carbonyl (C=O) groups excluding carboxylic acids is 2. The molecule has 0 aliphatic carbocycles. The van der Waals surface area contributed by atoms with Crippen LogP contribution in [0.1, 0.15) is 23.1 Å². The molecule has 1 N–H and O–H groups in total. The summed E-state index contributed by atoms with van der Waals surface area (Å²) in [6.45, 7) is 5.89. The van der Waals surface area contributed by atoms with E-state index in [2.05, 4.69) is 4.98 Å². The zero-order valence-corrected chi connectivity index (χ0v) is 16.2. The monoisotopic (exact) mass is 397 g/mol. The third kappa shape index (κ3) is 3.81. The first-order chi connectivity index (χ1) is 14.1. The molecule has 1 atom stereocenters. The van der Waals surface area contributed by atoms with Crippen molar-refractivity contribution in [1.82, 2.24) is 9.88 Å². The summed E-state index contributed by atoms with van der Waals surface area (Å²) in [4.78, 5) is 32.4. The standard InChI is InChI=1S/C21H23N3O5/c1-14-2-3-16(29-14)18-17(19(25)15-4-6-22-7-5-15)20(26)21(27)24(18)9-8-23-10-12-28-13-11-23/h2-7,18,25H,8-13H2,1H3. The van der Waals surface area contributed by atoms with Crippen molar-refractivity contribution >= 4 is 17.4 Å². The van der Waals surface area contributed by atoms with E-state index in [4.69, 9.17) is 9.15 Å². The molecule has 0 bridgehead atoms. The predicted molar refractivity (Wildman–Crippen MR) is 100 cm³/mol. The van der Waals surface area contributed by atoms with Crippen LogP contribution < -0.4 is 10.0 Å². The van der Waals surface area contributed by atoms with E-state index in [0.717, 1.165) is 13.1 Å². The van der Waals surface area contributed by atoms with Crippen molar-refractivity contribution < 1.29 is 28.7 Å². The van der Waals surface area contributed by atoms with Gasteiger partial charge in [0, 0.05) is 18.0 Å². The molecule has 2 saturated heterocycles. The molecule has 8 nitrogen and oxygen atoms in total. The van der Waals surface area contributed by atoms with E-state index >= 15 is 0 Å². The molecule has 1 unspecified atom stereocenters. The molecular formula is C21H23N3O5. The molecule has 8 heteroatoms. The number of Topliss-reactive ketones (excluding diaryl/α,β-unsaturated/α-hetero) is 1. The molecule has 2 aliphatic rings. The highest BCUT2D eigenvalue weighted by Gasteiger charge is 2.46. The number of furan rings is 1. The number of nitrogens with zero attached hydrogens (tertiary/aromatic N) is 2. The zero-order valence-electron chi connectivity index (χ0n) is 16.2. The maximum absolute atomic E-state index is 13.1. The molecule has 4 rings (SSSR count). The van der Waals surface area contributed by atoms with Crippen LogP contribution in [0.3, 0.4) is 0 Å². The van der Waals surface area contributed by atoms with Gasteiger partial charge >= 0.3 is 0 Å². The lowest BCUT2D eigenvalue weighted by atomic mass is 10.00. The van der Waals surface area contributed by atoms with Crippen LogP contribution >= 0.6 is 0 Å². The Morgan fingerprint density at radius 1 is 1.21 bits per heavy atom. The molecule has 0 saturated carbocycles. The Labute approximate surface area is 168 Å². The van der Waals surface area contributed by atoms with E-state index in [1.807, 2.05) is 0 Å². The van der Waals surface area contributed by atoms with Crippen molar-refractivity contribution in [3.05, 3.63) is 59.3 Å². The van der Waals surface area contributed by atoms with Crippen molar-refractivity contribution in [3.63, 3.8) is 0 Å². The number of morpholine rings is 1. The Bertz CT molecular complexity index is 931. The maximum Gasteiger partial charge on any atom is 0.295 e. The lowest BCUT2D eigenvalue weighted by Gasteiger charge is -2.29. The first-order valence-electron chi connectivity index (χ1n) is 9.71. The minimum atomic E-state index is -0.815. The molecule has 0 aromatic carbocycles. The van der Waals surface area contributed by atoms with Crippen molar-refractivity contribution in [2.75, 3.05) is 39.4 Å². The number of quaternary nitrogens is 1. The number of ketones is 1. The Hall–Kier alpha value is -2.97. The zero-order chi connectivity index (χ0) is 20.4. The van der Waals surface area contributed by atoms with Crippen LogP contribution in [0.5, 0.6) is 0 Å². The summed E-state index contributed by atoms with van der Waals surface area (Å²) in [7, 11) is 0. The van der Waals surface area contributed by atoms with Crippen molar-refractivity contribution in [3.8, 4) is 0 Å². The first-order valence-corrected chi connectivity index (χ1v) is 9.71. The largest absolute Gasteiger partial charge is 0.872 e. The summed E-state index contributed by atoms with van der Waals surface area (Å²) in [6, 6.07) is 5.75. The molecule has 29 heavy (non-hydrogen) atoms. The fourth-order valence-corrected chi connectivity index (χ4v) is 3.84. The number of ether oxygens (including phenoxy) is 1. The second kappa shape index (κ2) is 8.18. The fourth-order valence-electron chi connectivity index (χ4n) is 3.84. The maximum atomic E-state index is 13.1. The topological polar surface area (TPSA) is 100 Å². The molecule has 152 valence electrons. The first kappa shape index (κ1) is 19.4. The predicted octanol–water partition coefficient (Wildman–Crippen LogP) is -0.878. The summed E-state index contributed by atoms with van der Waals surface area (Å²) in [6.07, 6.45) is 2.97. The van der Waals surface area contributed by atoms with E-state index in [0.29, 0.717) is 43.4 Å². The number of pyridine rings is 1. The number of aromatic nitrogens is 1. The summed E-state index contributed by atoms with van der Waals surface area (Å²) >= 11 is 0. The van der Waals surface area contributed by atoms with Gasteiger partial charge in [-0.15, -0.1) is 0 Å². The smallest absolute Gasteiger partial charge is 0.295 e. The highest BCUT2D eigenvalue weighted by Crippen LogP contribution is 2.38. The summed E-state index contributed by atoms with van der Waals surface area (Å²) in [5.74, 6) is -0.805. The van der Waals surface area contributed by atoms with E-state index in [1.54, 1.807) is 19.1 Å². The minimum absolute atomic E-state index is 0.0625. The van der Waals surface area contributed by atoms with Gasteiger partial charge in [0.2, 0.25) is 5.78 Å². The van der Waals surface area contributed by atoms with Crippen LogP contribution in [-0.2, 0) is 14.3 Å². The highest BCUT2D eigenvalue weighted by atomic mass is 16.5. The van der Waals surface area contributed by atoms with Crippen molar-refractivity contribution in [2.24, 2.45) is 0 Å². The summed E-state index contributed by atoms with van der Waals surface area (Å²) < 4.78 is 11.1. The Kier molecular flexibility index (Phi) is 5.46. The van der Waals surface area contributed by atoms with Gasteiger partial charge in [0.1, 0.15) is 30.7 Å². The van der Waals surface area contributed by atoms with Crippen molar-refractivity contribution in [2.45, 2.75) is 13.0 Å². The van der Waals surface area contributed by atoms with E-state index in [-0.39, 0.29) is 5.57 Å². The van der Waals surface area contributed by atoms with Crippen LogP contribution in [0, 0.1) is 6.92 Å².